The molecule has 2 aliphatic rings. The standard InChI is InChI=1S/C12H24N2O/c1-13-11-6-4-7-12(11)14-8-3-2-5-10(14)9-15/h10-13,15H,2-9H2,1H3. The van der Waals surface area contributed by atoms with Crippen LogP contribution in [0.25, 0.3) is 0 Å². The highest BCUT2D eigenvalue weighted by Crippen LogP contribution is 2.29. The van der Waals surface area contributed by atoms with E-state index < -0.39 is 0 Å². The number of nitrogens with zero attached hydrogens (tertiary/aromatic N) is 1. The number of aliphatic hydroxyl groups excluding tert-OH is 1. The van der Waals surface area contributed by atoms with Crippen LogP contribution in [0.2, 0.25) is 0 Å². The zero-order chi connectivity index (χ0) is 10.7. The molecule has 1 saturated carbocycles. The third-order valence-electron chi connectivity index (χ3n) is 4.16. The molecule has 0 aromatic carbocycles. The number of hydrogen-bond acceptors (Lipinski definition) is 3. The number of likely N-dealkylation sites (tertiary alicyclic amines) is 1. The molecule has 1 aliphatic carbocycles. The van der Waals surface area contributed by atoms with Crippen molar-refractivity contribution in [3.63, 3.8) is 0 Å². The molecule has 3 unspecified atom stereocenters. The molecule has 0 radical (unpaired) electrons. The van der Waals surface area contributed by atoms with E-state index in [1.165, 1.54) is 45.1 Å². The van der Waals surface area contributed by atoms with E-state index in [-0.39, 0.29) is 0 Å². The third kappa shape index (κ3) is 2.35. The first-order valence-corrected chi connectivity index (χ1v) is 6.40. The summed E-state index contributed by atoms with van der Waals surface area (Å²) in [7, 11) is 2.07. The summed E-state index contributed by atoms with van der Waals surface area (Å²) in [5.74, 6) is 0. The maximum absolute atomic E-state index is 9.42. The van der Waals surface area contributed by atoms with Crippen LogP contribution in [0.1, 0.15) is 38.5 Å². The van der Waals surface area contributed by atoms with Crippen molar-refractivity contribution in [3.05, 3.63) is 0 Å². The van der Waals surface area contributed by atoms with E-state index in [0.717, 1.165) is 0 Å². The molecule has 3 heteroatoms. The van der Waals surface area contributed by atoms with Crippen LogP contribution < -0.4 is 5.32 Å². The monoisotopic (exact) mass is 212 g/mol. The molecule has 3 atom stereocenters. The fourth-order valence-electron chi connectivity index (χ4n) is 3.33. The van der Waals surface area contributed by atoms with E-state index in [9.17, 15) is 5.11 Å². The van der Waals surface area contributed by atoms with Crippen molar-refractivity contribution in [2.45, 2.75) is 56.7 Å². The van der Waals surface area contributed by atoms with Gasteiger partial charge in [-0.05, 0) is 39.3 Å². The van der Waals surface area contributed by atoms with E-state index in [1.807, 2.05) is 0 Å². The highest BCUT2D eigenvalue weighted by molar-refractivity contribution is 4.93. The molecule has 0 aromatic rings. The smallest absolute Gasteiger partial charge is 0.0586 e. The molecule has 1 aliphatic heterocycles. The maximum atomic E-state index is 9.42. The van der Waals surface area contributed by atoms with Crippen molar-refractivity contribution < 1.29 is 5.11 Å². The van der Waals surface area contributed by atoms with E-state index >= 15 is 0 Å². The zero-order valence-electron chi connectivity index (χ0n) is 9.78. The van der Waals surface area contributed by atoms with E-state index in [2.05, 4.69) is 17.3 Å². The van der Waals surface area contributed by atoms with Crippen molar-refractivity contribution in [1.82, 2.24) is 10.2 Å². The lowest BCUT2D eigenvalue weighted by Crippen LogP contribution is -2.53. The van der Waals surface area contributed by atoms with Crippen molar-refractivity contribution in [2.75, 3.05) is 20.2 Å². The number of rotatable bonds is 3. The van der Waals surface area contributed by atoms with Gasteiger partial charge in [-0.25, -0.2) is 0 Å². The topological polar surface area (TPSA) is 35.5 Å². The Labute approximate surface area is 92.8 Å². The van der Waals surface area contributed by atoms with Crippen LogP contribution >= 0.6 is 0 Å². The Hall–Kier alpha value is -0.120. The van der Waals surface area contributed by atoms with Gasteiger partial charge in [0, 0.05) is 18.1 Å². The Morgan fingerprint density at radius 2 is 2.07 bits per heavy atom. The van der Waals surface area contributed by atoms with Crippen LogP contribution in [0, 0.1) is 0 Å². The second kappa shape index (κ2) is 5.28. The average Bonchev–Trinajstić information content (AvgIpc) is 2.76. The summed E-state index contributed by atoms with van der Waals surface area (Å²) < 4.78 is 0. The second-order valence-corrected chi connectivity index (χ2v) is 4.96. The molecule has 2 rings (SSSR count). The lowest BCUT2D eigenvalue weighted by molar-refractivity contribution is 0.0461. The molecular weight excluding hydrogens is 188 g/mol. The Balaban J connectivity index is 1.99. The molecule has 0 spiro atoms. The second-order valence-electron chi connectivity index (χ2n) is 4.96. The fraction of sp³-hybridized carbons (Fsp3) is 1.00. The quantitative estimate of drug-likeness (QED) is 0.732. The molecule has 0 amide bonds. The molecule has 15 heavy (non-hydrogen) atoms. The SMILES string of the molecule is CNC1CCCC1N1CCCCC1CO. The van der Waals surface area contributed by atoms with Crippen molar-refractivity contribution in [3.8, 4) is 0 Å². The molecule has 0 bridgehead atoms. The first kappa shape index (κ1) is 11.4. The van der Waals surface area contributed by atoms with Crippen LogP contribution in [0.5, 0.6) is 0 Å². The molecule has 1 saturated heterocycles. The fourth-order valence-corrected chi connectivity index (χ4v) is 3.33. The van der Waals surface area contributed by atoms with Gasteiger partial charge in [0.25, 0.3) is 0 Å². The van der Waals surface area contributed by atoms with Crippen molar-refractivity contribution in [2.24, 2.45) is 0 Å². The molecule has 1 heterocycles. The summed E-state index contributed by atoms with van der Waals surface area (Å²) >= 11 is 0. The Morgan fingerprint density at radius 1 is 1.20 bits per heavy atom. The Morgan fingerprint density at radius 3 is 2.80 bits per heavy atom. The lowest BCUT2D eigenvalue weighted by atomic mass is 9.98. The molecule has 3 nitrogen and oxygen atoms in total. The summed E-state index contributed by atoms with van der Waals surface area (Å²) in [6.45, 7) is 1.53. The van der Waals surface area contributed by atoms with Gasteiger partial charge in [0.05, 0.1) is 6.61 Å². The Bertz CT molecular complexity index is 198. The van der Waals surface area contributed by atoms with Gasteiger partial charge in [-0.15, -0.1) is 0 Å². The summed E-state index contributed by atoms with van der Waals surface area (Å²) in [5, 5.41) is 12.9. The molecule has 0 aromatic heterocycles. The van der Waals surface area contributed by atoms with Gasteiger partial charge in [0.1, 0.15) is 0 Å². The van der Waals surface area contributed by atoms with Crippen LogP contribution in [0.15, 0.2) is 0 Å². The Kier molecular flexibility index (Phi) is 4.00. The summed E-state index contributed by atoms with van der Waals surface area (Å²) in [4.78, 5) is 2.57. The van der Waals surface area contributed by atoms with Gasteiger partial charge in [-0.2, -0.15) is 0 Å². The normalized spacial score (nSPS) is 38.4. The number of hydrogen-bond donors (Lipinski definition) is 2. The van der Waals surface area contributed by atoms with E-state index in [0.29, 0.717) is 24.7 Å². The summed E-state index contributed by atoms with van der Waals surface area (Å²) in [6, 6.07) is 1.75. The molecular formula is C12H24N2O. The van der Waals surface area contributed by atoms with Gasteiger partial charge >= 0.3 is 0 Å². The van der Waals surface area contributed by atoms with Crippen LogP contribution in [0.4, 0.5) is 0 Å². The van der Waals surface area contributed by atoms with Gasteiger partial charge in [0.2, 0.25) is 0 Å². The highest BCUT2D eigenvalue weighted by Gasteiger charge is 2.35. The van der Waals surface area contributed by atoms with Gasteiger partial charge < -0.3 is 10.4 Å². The first-order valence-electron chi connectivity index (χ1n) is 6.40. The summed E-state index contributed by atoms with van der Waals surface area (Å²) in [5.41, 5.74) is 0. The van der Waals surface area contributed by atoms with Crippen molar-refractivity contribution >= 4 is 0 Å². The summed E-state index contributed by atoms with van der Waals surface area (Å²) in [6.07, 6.45) is 7.73. The van der Waals surface area contributed by atoms with Crippen molar-refractivity contribution in [1.29, 1.82) is 0 Å². The highest BCUT2D eigenvalue weighted by atomic mass is 16.3. The number of nitrogens with one attached hydrogen (secondary N) is 1. The third-order valence-corrected chi connectivity index (χ3v) is 4.16. The largest absolute Gasteiger partial charge is 0.395 e. The molecule has 2 N–H and O–H groups in total. The molecule has 88 valence electrons. The lowest BCUT2D eigenvalue weighted by Gasteiger charge is -2.41. The number of aliphatic hydroxyl groups is 1. The predicted molar refractivity (Wildman–Crippen MR) is 61.9 cm³/mol. The van der Waals surface area contributed by atoms with Gasteiger partial charge in [-0.3, -0.25) is 4.90 Å². The predicted octanol–water partition coefficient (Wildman–Crippen LogP) is 0.974. The zero-order valence-corrected chi connectivity index (χ0v) is 9.78. The minimum atomic E-state index is 0.340. The van der Waals surface area contributed by atoms with Gasteiger partial charge in [0.15, 0.2) is 0 Å². The first-order chi connectivity index (χ1) is 7.36. The van der Waals surface area contributed by atoms with Crippen LogP contribution in [-0.2, 0) is 0 Å². The maximum Gasteiger partial charge on any atom is 0.0586 e. The minimum Gasteiger partial charge on any atom is -0.395 e. The van der Waals surface area contributed by atoms with E-state index in [1.54, 1.807) is 0 Å². The average molecular weight is 212 g/mol. The molecule has 2 fully saturated rings. The van der Waals surface area contributed by atoms with Gasteiger partial charge in [-0.1, -0.05) is 12.8 Å². The number of piperidine rings is 1. The van der Waals surface area contributed by atoms with Crippen LogP contribution in [-0.4, -0.2) is 48.3 Å². The number of likely N-dealkylation sites (N-methyl/N-ethyl adjacent to an activating group) is 1. The van der Waals surface area contributed by atoms with Crippen LogP contribution in [0.3, 0.4) is 0 Å². The minimum absolute atomic E-state index is 0.340. The van der Waals surface area contributed by atoms with E-state index in [4.69, 9.17) is 0 Å².